The lowest BCUT2D eigenvalue weighted by atomic mass is 9.46. The summed E-state index contributed by atoms with van der Waals surface area (Å²) in [6, 6.07) is 9.80. The molecule has 0 saturated heterocycles. The van der Waals surface area contributed by atoms with Gasteiger partial charge in [-0.1, -0.05) is 56.3 Å². The smallest absolute Gasteiger partial charge is 0.407 e. The van der Waals surface area contributed by atoms with Gasteiger partial charge in [0.15, 0.2) is 0 Å². The number of hydrogen-bond donors (Lipinski definition) is 1. The number of ether oxygens (including phenoxy) is 1. The molecule has 3 saturated carbocycles. The zero-order chi connectivity index (χ0) is 15.0. The third-order valence-corrected chi connectivity index (χ3v) is 5.39. The Balaban J connectivity index is 1.51. The normalized spacial score (nSPS) is 29.4. The van der Waals surface area contributed by atoms with Gasteiger partial charge in [-0.3, -0.25) is 0 Å². The van der Waals surface area contributed by atoms with Gasteiger partial charge in [-0.2, -0.15) is 0 Å². The summed E-state index contributed by atoms with van der Waals surface area (Å²) >= 11 is 0. The first-order chi connectivity index (χ1) is 9.98. The van der Waals surface area contributed by atoms with E-state index in [0.29, 0.717) is 23.9 Å². The fourth-order valence-electron chi connectivity index (χ4n) is 3.78. The van der Waals surface area contributed by atoms with Crippen LogP contribution in [0, 0.1) is 17.3 Å². The summed E-state index contributed by atoms with van der Waals surface area (Å²) in [7, 11) is 0. The molecule has 0 aromatic heterocycles. The molecule has 4 rings (SSSR count). The first-order valence-electron chi connectivity index (χ1n) is 7.64. The predicted molar refractivity (Wildman–Crippen MR) is 82.7 cm³/mol. The third kappa shape index (κ3) is 2.57. The van der Waals surface area contributed by atoms with Gasteiger partial charge >= 0.3 is 6.09 Å². The van der Waals surface area contributed by atoms with Gasteiger partial charge in [-0.05, 0) is 35.7 Å². The Morgan fingerprint density at radius 2 is 2.05 bits per heavy atom. The van der Waals surface area contributed by atoms with E-state index in [9.17, 15) is 4.79 Å². The highest BCUT2D eigenvalue weighted by molar-refractivity contribution is 5.68. The molecule has 3 atom stereocenters. The number of amides is 1. The van der Waals surface area contributed by atoms with Crippen molar-refractivity contribution < 1.29 is 9.53 Å². The van der Waals surface area contributed by atoms with Crippen LogP contribution in [0.25, 0.3) is 0 Å². The second-order valence-corrected chi connectivity index (χ2v) is 6.88. The van der Waals surface area contributed by atoms with E-state index < -0.39 is 0 Å². The first kappa shape index (κ1) is 14.2. The van der Waals surface area contributed by atoms with Gasteiger partial charge in [-0.25, -0.2) is 4.79 Å². The topological polar surface area (TPSA) is 38.3 Å². The van der Waals surface area contributed by atoms with Crippen molar-refractivity contribution in [1.82, 2.24) is 5.32 Å². The lowest BCUT2D eigenvalue weighted by molar-refractivity contribution is -0.0381. The third-order valence-electron chi connectivity index (χ3n) is 5.39. The molecule has 1 amide bonds. The Bertz CT molecular complexity index is 550. The highest BCUT2D eigenvalue weighted by Gasteiger charge is 2.54. The van der Waals surface area contributed by atoms with Crippen LogP contribution in [-0.4, -0.2) is 12.1 Å². The standard InChI is InChI=1S/C18H23NO2/c1-12-15-9-14(18(15,2)3)10-16(12)19-17(20)21-11-13-7-5-4-6-8-13/h4-8,14-16H,1,9-11H2,2-3H3,(H,19,20)/t14-,15+,16?/m1/s1. The molecule has 3 fully saturated rings. The van der Waals surface area contributed by atoms with E-state index in [1.165, 1.54) is 12.0 Å². The summed E-state index contributed by atoms with van der Waals surface area (Å²) in [6.07, 6.45) is 1.87. The molecule has 0 heterocycles. The van der Waals surface area contributed by atoms with Crippen LogP contribution in [0.15, 0.2) is 42.5 Å². The zero-order valence-corrected chi connectivity index (χ0v) is 12.8. The van der Waals surface area contributed by atoms with Gasteiger partial charge in [0.2, 0.25) is 0 Å². The Labute approximate surface area is 126 Å². The van der Waals surface area contributed by atoms with Crippen LogP contribution in [0.3, 0.4) is 0 Å². The van der Waals surface area contributed by atoms with E-state index in [4.69, 9.17) is 4.74 Å². The minimum atomic E-state index is -0.343. The maximum atomic E-state index is 11.9. The van der Waals surface area contributed by atoms with Crippen molar-refractivity contribution in [2.45, 2.75) is 39.3 Å². The van der Waals surface area contributed by atoms with E-state index in [1.807, 2.05) is 30.3 Å². The van der Waals surface area contributed by atoms with E-state index >= 15 is 0 Å². The Kier molecular flexibility index (Phi) is 3.52. The Hall–Kier alpha value is -1.77. The summed E-state index contributed by atoms with van der Waals surface area (Å²) in [6.45, 7) is 9.13. The van der Waals surface area contributed by atoms with Crippen LogP contribution in [0.5, 0.6) is 0 Å². The number of benzene rings is 1. The van der Waals surface area contributed by atoms with Crippen LogP contribution in [0.1, 0.15) is 32.3 Å². The molecule has 0 aliphatic heterocycles. The first-order valence-corrected chi connectivity index (χ1v) is 7.64. The largest absolute Gasteiger partial charge is 0.445 e. The molecule has 21 heavy (non-hydrogen) atoms. The molecule has 0 radical (unpaired) electrons. The number of nitrogens with one attached hydrogen (secondary N) is 1. The molecular formula is C18H23NO2. The van der Waals surface area contributed by atoms with Crippen molar-refractivity contribution in [1.29, 1.82) is 0 Å². The molecule has 112 valence electrons. The highest BCUT2D eigenvalue weighted by atomic mass is 16.5. The molecule has 0 spiro atoms. The number of carbonyl (C=O) groups is 1. The van der Waals surface area contributed by atoms with Gasteiger partial charge in [0, 0.05) is 0 Å². The van der Waals surface area contributed by atoms with E-state index in [2.05, 4.69) is 25.7 Å². The monoisotopic (exact) mass is 285 g/mol. The fraction of sp³-hybridized carbons (Fsp3) is 0.500. The fourth-order valence-corrected chi connectivity index (χ4v) is 3.78. The van der Waals surface area contributed by atoms with Gasteiger partial charge in [0.05, 0.1) is 6.04 Å². The maximum Gasteiger partial charge on any atom is 0.407 e. The maximum absolute atomic E-state index is 11.9. The second-order valence-electron chi connectivity index (χ2n) is 6.88. The SMILES string of the molecule is C=C1C(NC(=O)OCc2ccccc2)C[C@H]2C[C@@H]1C2(C)C. The average molecular weight is 285 g/mol. The molecule has 1 N–H and O–H groups in total. The molecule has 1 unspecified atom stereocenters. The molecule has 1 aromatic rings. The van der Waals surface area contributed by atoms with Crippen molar-refractivity contribution in [3.8, 4) is 0 Å². The van der Waals surface area contributed by atoms with Crippen LogP contribution in [-0.2, 0) is 11.3 Å². The number of hydrogen-bond acceptors (Lipinski definition) is 2. The predicted octanol–water partition coefficient (Wildman–Crippen LogP) is 3.90. The van der Waals surface area contributed by atoms with Crippen LogP contribution >= 0.6 is 0 Å². The van der Waals surface area contributed by atoms with Crippen molar-refractivity contribution >= 4 is 6.09 Å². The number of carbonyl (C=O) groups excluding carboxylic acids is 1. The molecule has 3 nitrogen and oxygen atoms in total. The van der Waals surface area contributed by atoms with E-state index in [0.717, 1.165) is 12.0 Å². The van der Waals surface area contributed by atoms with Gasteiger partial charge in [0.1, 0.15) is 6.61 Å². The number of rotatable bonds is 3. The van der Waals surface area contributed by atoms with Crippen molar-refractivity contribution in [2.75, 3.05) is 0 Å². The van der Waals surface area contributed by atoms with Crippen LogP contribution in [0.4, 0.5) is 4.79 Å². The summed E-state index contributed by atoms with van der Waals surface area (Å²) in [5, 5.41) is 2.98. The second kappa shape index (κ2) is 5.21. The average Bonchev–Trinajstić information content (AvgIpc) is 2.47. The Morgan fingerprint density at radius 3 is 2.67 bits per heavy atom. The Morgan fingerprint density at radius 1 is 1.33 bits per heavy atom. The van der Waals surface area contributed by atoms with Crippen LogP contribution in [0.2, 0.25) is 0 Å². The number of alkyl carbamates (subject to hydrolysis) is 1. The van der Waals surface area contributed by atoms with Gasteiger partial charge in [-0.15, -0.1) is 0 Å². The summed E-state index contributed by atoms with van der Waals surface area (Å²) in [5.74, 6) is 1.23. The molecular weight excluding hydrogens is 262 g/mol. The highest BCUT2D eigenvalue weighted by Crippen LogP contribution is 2.60. The van der Waals surface area contributed by atoms with E-state index in [1.54, 1.807) is 0 Å². The minimum absolute atomic E-state index is 0.0741. The summed E-state index contributed by atoms with van der Waals surface area (Å²) in [4.78, 5) is 11.9. The molecule has 2 bridgehead atoms. The quantitative estimate of drug-likeness (QED) is 0.855. The lowest BCUT2D eigenvalue weighted by Crippen LogP contribution is -2.57. The number of fused-ring (bicyclic) bond motifs is 2. The van der Waals surface area contributed by atoms with Gasteiger partial charge < -0.3 is 10.1 Å². The molecule has 1 aromatic carbocycles. The van der Waals surface area contributed by atoms with Crippen molar-refractivity contribution in [2.24, 2.45) is 17.3 Å². The van der Waals surface area contributed by atoms with Crippen molar-refractivity contribution in [3.63, 3.8) is 0 Å². The summed E-state index contributed by atoms with van der Waals surface area (Å²) < 4.78 is 5.29. The van der Waals surface area contributed by atoms with E-state index in [-0.39, 0.29) is 12.1 Å². The minimum Gasteiger partial charge on any atom is -0.445 e. The lowest BCUT2D eigenvalue weighted by Gasteiger charge is -2.59. The van der Waals surface area contributed by atoms with Crippen molar-refractivity contribution in [3.05, 3.63) is 48.0 Å². The molecule has 3 aliphatic rings. The van der Waals surface area contributed by atoms with Crippen LogP contribution < -0.4 is 5.32 Å². The summed E-state index contributed by atoms with van der Waals surface area (Å²) in [5.41, 5.74) is 2.52. The van der Waals surface area contributed by atoms with Gasteiger partial charge in [0.25, 0.3) is 0 Å². The zero-order valence-electron chi connectivity index (χ0n) is 12.8. The molecule has 3 heteroatoms. The molecule has 3 aliphatic carbocycles.